The summed E-state index contributed by atoms with van der Waals surface area (Å²) in [6, 6.07) is 17.9. The Balaban J connectivity index is 1.73. The quantitative estimate of drug-likeness (QED) is 0.508. The second-order valence-corrected chi connectivity index (χ2v) is 7.66. The number of fused-ring (bicyclic) bond motifs is 2. The van der Waals surface area contributed by atoms with Crippen LogP contribution in [0.3, 0.4) is 0 Å². The first-order valence-electron chi connectivity index (χ1n) is 7.91. The summed E-state index contributed by atoms with van der Waals surface area (Å²) in [5.41, 5.74) is 0.911. The van der Waals surface area contributed by atoms with Crippen LogP contribution in [-0.2, 0) is 4.74 Å². The molecule has 0 unspecified atom stereocenters. The zero-order valence-corrected chi connectivity index (χ0v) is 15.3. The van der Waals surface area contributed by atoms with Gasteiger partial charge in [-0.15, -0.1) is 11.3 Å². The van der Waals surface area contributed by atoms with Gasteiger partial charge in [0.05, 0.1) is 28.2 Å². The van der Waals surface area contributed by atoms with E-state index in [4.69, 9.17) is 4.74 Å². The van der Waals surface area contributed by atoms with Crippen LogP contribution in [0.1, 0.15) is 9.67 Å². The minimum absolute atomic E-state index is 0.0303. The Labute approximate surface area is 153 Å². The average molecular weight is 368 g/mol. The second-order valence-electron chi connectivity index (χ2n) is 5.56. The van der Waals surface area contributed by atoms with E-state index in [9.17, 15) is 4.79 Å². The van der Waals surface area contributed by atoms with Gasteiger partial charge in [0.2, 0.25) is 0 Å². The molecule has 0 radical (unpaired) electrons. The van der Waals surface area contributed by atoms with Crippen molar-refractivity contribution in [2.75, 3.05) is 25.2 Å². The van der Waals surface area contributed by atoms with Crippen LogP contribution in [0.2, 0.25) is 0 Å². The minimum Gasteiger partial charge on any atom is -0.383 e. The first kappa shape index (κ1) is 16.2. The minimum atomic E-state index is -0.0303. The van der Waals surface area contributed by atoms with Crippen molar-refractivity contribution >= 4 is 54.0 Å². The molecule has 0 saturated heterocycles. The highest BCUT2D eigenvalue weighted by Gasteiger charge is 2.22. The lowest BCUT2D eigenvalue weighted by Gasteiger charge is -2.18. The number of nitrogens with zero attached hydrogens (tertiary/aromatic N) is 2. The number of ether oxygens (including phenoxy) is 1. The molecule has 25 heavy (non-hydrogen) atoms. The summed E-state index contributed by atoms with van der Waals surface area (Å²) in [5.74, 6) is -0.0303. The summed E-state index contributed by atoms with van der Waals surface area (Å²) in [4.78, 5) is 20.2. The fourth-order valence-corrected chi connectivity index (χ4v) is 4.66. The van der Waals surface area contributed by atoms with Crippen molar-refractivity contribution in [3.05, 3.63) is 59.5 Å². The van der Waals surface area contributed by atoms with Crippen LogP contribution in [0.15, 0.2) is 54.6 Å². The highest BCUT2D eigenvalue weighted by molar-refractivity contribution is 7.23. The van der Waals surface area contributed by atoms with Crippen molar-refractivity contribution in [2.24, 2.45) is 0 Å². The van der Waals surface area contributed by atoms with E-state index in [0.717, 1.165) is 25.2 Å². The number of benzene rings is 2. The molecule has 1 amide bonds. The highest BCUT2D eigenvalue weighted by Crippen LogP contribution is 2.32. The van der Waals surface area contributed by atoms with Gasteiger partial charge in [0, 0.05) is 11.8 Å². The number of para-hydroxylation sites is 1. The fourth-order valence-electron chi connectivity index (χ4n) is 2.66. The Hall–Kier alpha value is -2.28. The Morgan fingerprint density at radius 3 is 2.60 bits per heavy atom. The van der Waals surface area contributed by atoms with Crippen molar-refractivity contribution in [2.45, 2.75) is 0 Å². The van der Waals surface area contributed by atoms with E-state index < -0.39 is 0 Å². The molecule has 0 bridgehead atoms. The summed E-state index contributed by atoms with van der Waals surface area (Å²) in [6.07, 6.45) is 0. The van der Waals surface area contributed by atoms with E-state index in [1.54, 1.807) is 12.0 Å². The molecule has 0 N–H and O–H groups in total. The lowest BCUT2D eigenvalue weighted by atomic mass is 10.2. The van der Waals surface area contributed by atoms with Crippen LogP contribution in [-0.4, -0.2) is 31.2 Å². The maximum absolute atomic E-state index is 13.1. The van der Waals surface area contributed by atoms with Crippen LogP contribution in [0.25, 0.3) is 20.3 Å². The van der Waals surface area contributed by atoms with Crippen LogP contribution in [0.5, 0.6) is 0 Å². The smallest absolute Gasteiger partial charge is 0.270 e. The van der Waals surface area contributed by atoms with Gasteiger partial charge in [-0.3, -0.25) is 9.69 Å². The maximum Gasteiger partial charge on any atom is 0.270 e. The van der Waals surface area contributed by atoms with Crippen LogP contribution in [0.4, 0.5) is 5.13 Å². The number of thiophene rings is 1. The van der Waals surface area contributed by atoms with E-state index in [2.05, 4.69) is 4.98 Å². The molecule has 126 valence electrons. The molecular weight excluding hydrogens is 352 g/mol. The third kappa shape index (κ3) is 3.16. The van der Waals surface area contributed by atoms with Gasteiger partial charge in [-0.25, -0.2) is 4.98 Å². The van der Waals surface area contributed by atoms with Crippen LogP contribution < -0.4 is 4.90 Å². The van der Waals surface area contributed by atoms with Crippen LogP contribution in [0, 0.1) is 0 Å². The fraction of sp³-hybridized carbons (Fsp3) is 0.158. The molecule has 0 aliphatic carbocycles. The number of hydrogen-bond acceptors (Lipinski definition) is 5. The van der Waals surface area contributed by atoms with Crippen LogP contribution >= 0.6 is 22.7 Å². The molecule has 0 atom stereocenters. The molecule has 4 nitrogen and oxygen atoms in total. The highest BCUT2D eigenvalue weighted by atomic mass is 32.1. The van der Waals surface area contributed by atoms with Crippen molar-refractivity contribution in [1.82, 2.24) is 4.98 Å². The number of thiazole rings is 1. The summed E-state index contributed by atoms with van der Waals surface area (Å²) in [7, 11) is 1.64. The molecule has 0 spiro atoms. The molecule has 4 rings (SSSR count). The standard InChI is InChI=1S/C19H16N2O2S2/c1-23-11-10-21(19-20-14-7-3-5-9-16(14)25-19)18(22)17-12-13-6-2-4-8-15(13)24-17/h2-9,12H,10-11H2,1H3. The van der Waals surface area contributed by atoms with Gasteiger partial charge < -0.3 is 4.74 Å². The third-order valence-electron chi connectivity index (χ3n) is 3.91. The summed E-state index contributed by atoms with van der Waals surface area (Å²) in [5, 5.41) is 1.80. The number of hydrogen-bond donors (Lipinski definition) is 0. The first-order valence-corrected chi connectivity index (χ1v) is 9.54. The van der Waals surface area contributed by atoms with E-state index in [1.807, 2.05) is 54.6 Å². The predicted octanol–water partition coefficient (Wildman–Crippen LogP) is 4.80. The van der Waals surface area contributed by atoms with Gasteiger partial charge in [-0.2, -0.15) is 0 Å². The molecular formula is C19H16N2O2S2. The SMILES string of the molecule is COCCN(C(=O)c1cc2ccccc2s1)c1nc2ccccc2s1. The molecule has 2 heterocycles. The summed E-state index contributed by atoms with van der Waals surface area (Å²) < 4.78 is 7.39. The molecule has 0 aliphatic heterocycles. The molecule has 0 aliphatic rings. The van der Waals surface area contributed by atoms with E-state index >= 15 is 0 Å². The lowest BCUT2D eigenvalue weighted by Crippen LogP contribution is -2.33. The molecule has 0 fully saturated rings. The number of rotatable bonds is 5. The number of amides is 1. The van der Waals surface area contributed by atoms with E-state index in [1.165, 1.54) is 22.7 Å². The monoisotopic (exact) mass is 368 g/mol. The number of carbonyl (C=O) groups is 1. The third-order valence-corrected chi connectivity index (χ3v) is 6.08. The van der Waals surface area contributed by atoms with Crippen molar-refractivity contribution in [1.29, 1.82) is 0 Å². The Morgan fingerprint density at radius 1 is 1.08 bits per heavy atom. The van der Waals surface area contributed by atoms with Gasteiger partial charge in [0.25, 0.3) is 5.91 Å². The molecule has 4 aromatic rings. The number of aromatic nitrogens is 1. The number of methoxy groups -OCH3 is 1. The number of anilines is 1. The lowest BCUT2D eigenvalue weighted by molar-refractivity contribution is 0.0980. The Morgan fingerprint density at radius 2 is 1.84 bits per heavy atom. The van der Waals surface area contributed by atoms with Gasteiger partial charge in [-0.1, -0.05) is 41.7 Å². The number of carbonyl (C=O) groups excluding carboxylic acids is 1. The molecule has 6 heteroatoms. The zero-order chi connectivity index (χ0) is 17.2. The van der Waals surface area contributed by atoms with Crippen molar-refractivity contribution in [3.63, 3.8) is 0 Å². The first-order chi connectivity index (χ1) is 12.3. The van der Waals surface area contributed by atoms with E-state index in [0.29, 0.717) is 18.3 Å². The van der Waals surface area contributed by atoms with Gasteiger partial charge in [0.1, 0.15) is 0 Å². The largest absolute Gasteiger partial charge is 0.383 e. The van der Waals surface area contributed by atoms with Crippen molar-refractivity contribution in [3.8, 4) is 0 Å². The predicted molar refractivity (Wildman–Crippen MR) is 105 cm³/mol. The zero-order valence-electron chi connectivity index (χ0n) is 13.6. The second kappa shape index (κ2) is 6.92. The Bertz CT molecular complexity index is 972. The normalized spacial score (nSPS) is 11.2. The summed E-state index contributed by atoms with van der Waals surface area (Å²) >= 11 is 3.04. The molecule has 2 aromatic heterocycles. The van der Waals surface area contributed by atoms with E-state index in [-0.39, 0.29) is 5.91 Å². The van der Waals surface area contributed by atoms with Gasteiger partial charge >= 0.3 is 0 Å². The molecule has 2 aromatic carbocycles. The topological polar surface area (TPSA) is 42.4 Å². The Kier molecular flexibility index (Phi) is 4.48. The average Bonchev–Trinajstić information content (AvgIpc) is 3.25. The maximum atomic E-state index is 13.1. The van der Waals surface area contributed by atoms with Gasteiger partial charge in [0.15, 0.2) is 5.13 Å². The summed E-state index contributed by atoms with van der Waals surface area (Å²) in [6.45, 7) is 0.940. The molecule has 0 saturated carbocycles. The van der Waals surface area contributed by atoms with Crippen molar-refractivity contribution < 1.29 is 9.53 Å². The van der Waals surface area contributed by atoms with Gasteiger partial charge in [-0.05, 0) is 29.7 Å².